The second-order valence-electron chi connectivity index (χ2n) is 8.91. The Morgan fingerprint density at radius 2 is 1.71 bits per heavy atom. The van der Waals surface area contributed by atoms with E-state index >= 15 is 0 Å². The van der Waals surface area contributed by atoms with E-state index in [-0.39, 0.29) is 11.2 Å². The molecule has 1 aromatic carbocycles. The van der Waals surface area contributed by atoms with Crippen molar-refractivity contribution in [3.8, 4) is 0 Å². The Morgan fingerprint density at radius 1 is 1.07 bits per heavy atom. The molecule has 0 spiro atoms. The SMILES string of the molecule is CC(C)(C)OC(=O)NCCCn1cncc1C(=O)c1ccc(C(C)(C)C)cc1. The lowest BCUT2D eigenvalue weighted by Gasteiger charge is -2.19. The normalized spacial score (nSPS) is 11.9. The van der Waals surface area contributed by atoms with E-state index in [1.807, 2.05) is 49.6 Å². The van der Waals surface area contributed by atoms with Gasteiger partial charge in [-0.25, -0.2) is 9.78 Å². The average Bonchev–Trinajstić information content (AvgIpc) is 3.04. The smallest absolute Gasteiger partial charge is 0.407 e. The molecule has 6 heteroatoms. The Labute approximate surface area is 167 Å². The van der Waals surface area contributed by atoms with Crippen molar-refractivity contribution in [3.63, 3.8) is 0 Å². The van der Waals surface area contributed by atoms with E-state index in [0.717, 1.165) is 0 Å². The molecule has 1 heterocycles. The van der Waals surface area contributed by atoms with Gasteiger partial charge in [0.1, 0.15) is 11.3 Å². The van der Waals surface area contributed by atoms with Crippen LogP contribution in [0.5, 0.6) is 0 Å². The summed E-state index contributed by atoms with van der Waals surface area (Å²) in [6, 6.07) is 7.73. The quantitative estimate of drug-likeness (QED) is 0.593. The van der Waals surface area contributed by atoms with Crippen LogP contribution in [0.25, 0.3) is 0 Å². The first-order valence-electron chi connectivity index (χ1n) is 9.59. The molecule has 0 bridgehead atoms. The molecular formula is C22H31N3O3. The molecule has 0 aliphatic rings. The van der Waals surface area contributed by atoms with Gasteiger partial charge in [-0.15, -0.1) is 0 Å². The molecule has 0 aliphatic heterocycles. The molecule has 28 heavy (non-hydrogen) atoms. The molecule has 0 atom stereocenters. The predicted molar refractivity (Wildman–Crippen MR) is 110 cm³/mol. The van der Waals surface area contributed by atoms with E-state index in [9.17, 15) is 9.59 Å². The fraction of sp³-hybridized carbons (Fsp3) is 0.500. The molecule has 1 aromatic heterocycles. The van der Waals surface area contributed by atoms with Crippen molar-refractivity contribution in [2.24, 2.45) is 0 Å². The third-order valence-electron chi connectivity index (χ3n) is 4.20. The van der Waals surface area contributed by atoms with Crippen molar-refractivity contribution in [2.75, 3.05) is 6.54 Å². The Kier molecular flexibility index (Phi) is 6.65. The van der Waals surface area contributed by atoms with E-state index in [1.165, 1.54) is 5.56 Å². The number of ketones is 1. The second-order valence-corrected chi connectivity index (χ2v) is 8.91. The molecule has 0 saturated carbocycles. The molecule has 6 nitrogen and oxygen atoms in total. The van der Waals surface area contributed by atoms with E-state index < -0.39 is 11.7 Å². The summed E-state index contributed by atoms with van der Waals surface area (Å²) in [6.45, 7) is 12.9. The maximum absolute atomic E-state index is 12.8. The first kappa shape index (κ1) is 21.7. The molecule has 152 valence electrons. The second kappa shape index (κ2) is 8.59. The molecular weight excluding hydrogens is 354 g/mol. The predicted octanol–water partition coefficient (Wildman–Crippen LogP) is 4.33. The van der Waals surface area contributed by atoms with Gasteiger partial charge < -0.3 is 14.6 Å². The number of benzene rings is 1. The number of amides is 1. The van der Waals surface area contributed by atoms with Crippen molar-refractivity contribution in [2.45, 2.75) is 65.5 Å². The van der Waals surface area contributed by atoms with Gasteiger partial charge in [-0.3, -0.25) is 4.79 Å². The number of carbonyl (C=O) groups excluding carboxylic acids is 2. The van der Waals surface area contributed by atoms with Crippen molar-refractivity contribution in [1.29, 1.82) is 0 Å². The fourth-order valence-corrected chi connectivity index (χ4v) is 2.71. The van der Waals surface area contributed by atoms with Crippen LogP contribution in [0.15, 0.2) is 36.8 Å². The van der Waals surface area contributed by atoms with Crippen LogP contribution in [-0.2, 0) is 16.7 Å². The minimum Gasteiger partial charge on any atom is -0.444 e. The molecule has 0 unspecified atom stereocenters. The summed E-state index contributed by atoms with van der Waals surface area (Å²) in [5.41, 5.74) is 1.90. The lowest BCUT2D eigenvalue weighted by atomic mass is 9.86. The van der Waals surface area contributed by atoms with Gasteiger partial charge in [-0.1, -0.05) is 45.0 Å². The Bertz CT molecular complexity index is 809. The monoisotopic (exact) mass is 385 g/mol. The lowest BCUT2D eigenvalue weighted by Crippen LogP contribution is -2.33. The summed E-state index contributed by atoms with van der Waals surface area (Å²) in [5.74, 6) is -0.0574. The van der Waals surface area contributed by atoms with E-state index in [2.05, 4.69) is 31.1 Å². The minimum absolute atomic E-state index is 0.0461. The Hall–Kier alpha value is -2.63. The van der Waals surface area contributed by atoms with Crippen LogP contribution in [-0.4, -0.2) is 33.6 Å². The molecule has 0 saturated heterocycles. The number of nitrogens with zero attached hydrogens (tertiary/aromatic N) is 2. The van der Waals surface area contributed by atoms with Gasteiger partial charge in [-0.2, -0.15) is 0 Å². The number of ether oxygens (including phenoxy) is 1. The van der Waals surface area contributed by atoms with E-state index in [1.54, 1.807) is 12.5 Å². The summed E-state index contributed by atoms with van der Waals surface area (Å²) >= 11 is 0. The zero-order valence-electron chi connectivity index (χ0n) is 17.7. The van der Waals surface area contributed by atoms with Gasteiger partial charge in [0.05, 0.1) is 12.5 Å². The van der Waals surface area contributed by atoms with Crippen LogP contribution in [0.3, 0.4) is 0 Å². The highest BCUT2D eigenvalue weighted by atomic mass is 16.6. The first-order chi connectivity index (χ1) is 13.0. The van der Waals surface area contributed by atoms with Crippen molar-refractivity contribution in [3.05, 3.63) is 53.6 Å². The number of nitrogens with one attached hydrogen (secondary N) is 1. The van der Waals surface area contributed by atoms with Crippen molar-refractivity contribution in [1.82, 2.24) is 14.9 Å². The van der Waals surface area contributed by atoms with Gasteiger partial charge >= 0.3 is 6.09 Å². The van der Waals surface area contributed by atoms with Crippen LogP contribution >= 0.6 is 0 Å². The van der Waals surface area contributed by atoms with Crippen LogP contribution in [0.4, 0.5) is 4.79 Å². The largest absolute Gasteiger partial charge is 0.444 e. The number of imidazole rings is 1. The number of carbonyl (C=O) groups is 2. The standard InChI is InChI=1S/C22H31N3O3/c1-21(2,3)17-10-8-16(9-11-17)19(26)18-14-23-15-25(18)13-7-12-24-20(27)28-22(4,5)6/h8-11,14-15H,7,12-13H2,1-6H3,(H,24,27). The highest BCUT2D eigenvalue weighted by molar-refractivity contribution is 6.07. The third-order valence-corrected chi connectivity index (χ3v) is 4.20. The van der Waals surface area contributed by atoms with Crippen LogP contribution in [0, 0.1) is 0 Å². The van der Waals surface area contributed by atoms with E-state index in [0.29, 0.717) is 30.8 Å². The van der Waals surface area contributed by atoms with Gasteiger partial charge in [0.25, 0.3) is 0 Å². The molecule has 1 amide bonds. The minimum atomic E-state index is -0.517. The summed E-state index contributed by atoms with van der Waals surface area (Å²) in [4.78, 5) is 28.6. The summed E-state index contributed by atoms with van der Waals surface area (Å²) in [6.07, 6.45) is 3.46. The molecule has 0 radical (unpaired) electrons. The van der Waals surface area contributed by atoms with Crippen LogP contribution in [0.2, 0.25) is 0 Å². The topological polar surface area (TPSA) is 73.2 Å². The summed E-state index contributed by atoms with van der Waals surface area (Å²) in [5, 5.41) is 2.72. The van der Waals surface area contributed by atoms with Crippen molar-refractivity contribution >= 4 is 11.9 Å². The van der Waals surface area contributed by atoms with Crippen LogP contribution in [0.1, 0.15) is 69.6 Å². The highest BCUT2D eigenvalue weighted by Crippen LogP contribution is 2.23. The Morgan fingerprint density at radius 3 is 2.29 bits per heavy atom. The number of aromatic nitrogens is 2. The van der Waals surface area contributed by atoms with Gasteiger partial charge in [0.2, 0.25) is 5.78 Å². The molecule has 1 N–H and O–H groups in total. The van der Waals surface area contributed by atoms with Crippen LogP contribution < -0.4 is 5.32 Å². The highest BCUT2D eigenvalue weighted by Gasteiger charge is 2.18. The number of hydrogen-bond donors (Lipinski definition) is 1. The van der Waals surface area contributed by atoms with Gasteiger partial charge in [-0.05, 0) is 38.2 Å². The maximum Gasteiger partial charge on any atom is 0.407 e. The molecule has 2 aromatic rings. The molecule has 0 fully saturated rings. The summed E-state index contributed by atoms with van der Waals surface area (Å²) in [7, 11) is 0. The zero-order valence-corrected chi connectivity index (χ0v) is 17.7. The number of alkyl carbamates (subject to hydrolysis) is 1. The number of hydrogen-bond acceptors (Lipinski definition) is 4. The summed E-state index contributed by atoms with van der Waals surface area (Å²) < 4.78 is 7.02. The lowest BCUT2D eigenvalue weighted by molar-refractivity contribution is 0.0526. The molecule has 0 aliphatic carbocycles. The number of aryl methyl sites for hydroxylation is 1. The van der Waals surface area contributed by atoms with Crippen molar-refractivity contribution < 1.29 is 14.3 Å². The molecule has 2 rings (SSSR count). The average molecular weight is 386 g/mol. The first-order valence-corrected chi connectivity index (χ1v) is 9.59. The van der Waals surface area contributed by atoms with E-state index in [4.69, 9.17) is 4.74 Å². The number of rotatable bonds is 6. The fourth-order valence-electron chi connectivity index (χ4n) is 2.71. The zero-order chi connectivity index (χ0) is 20.9. The maximum atomic E-state index is 12.8. The third kappa shape index (κ3) is 6.22. The van der Waals surface area contributed by atoms with Gasteiger partial charge in [0.15, 0.2) is 0 Å². The van der Waals surface area contributed by atoms with Gasteiger partial charge in [0, 0.05) is 18.7 Å². The Balaban J connectivity index is 1.94.